The molecule has 0 amide bonds. The number of nitro groups is 1. The molecule has 1 aromatic rings. The summed E-state index contributed by atoms with van der Waals surface area (Å²) in [6, 6.07) is 3.67. The lowest BCUT2D eigenvalue weighted by Crippen LogP contribution is -2.42. The van der Waals surface area contributed by atoms with Crippen LogP contribution in [0.25, 0.3) is 0 Å². The van der Waals surface area contributed by atoms with Crippen LogP contribution in [-0.2, 0) is 19.7 Å². The van der Waals surface area contributed by atoms with Gasteiger partial charge in [0.1, 0.15) is 0 Å². The molecule has 1 aliphatic rings. The van der Waals surface area contributed by atoms with Crippen molar-refractivity contribution in [3.05, 3.63) is 34.2 Å². The van der Waals surface area contributed by atoms with Gasteiger partial charge in [-0.25, -0.2) is 0 Å². The predicted octanol–water partition coefficient (Wildman–Crippen LogP) is 2.34. The minimum atomic E-state index is -2.62. The molecule has 0 aromatic heterocycles. The fourth-order valence-corrected chi connectivity index (χ4v) is 4.07. The first kappa shape index (κ1) is 17.7. The van der Waals surface area contributed by atoms with Crippen molar-refractivity contribution in [3.63, 3.8) is 0 Å². The molecule has 1 aromatic carbocycles. The van der Waals surface area contributed by atoms with Crippen LogP contribution in [0.1, 0.15) is 12.0 Å². The molecule has 8 nitrogen and oxygen atoms in total. The van der Waals surface area contributed by atoms with Gasteiger partial charge in [0, 0.05) is 32.9 Å². The molecule has 1 radical (unpaired) electrons. The Kier molecular flexibility index (Phi) is 5.94. The lowest BCUT2D eigenvalue weighted by molar-refractivity contribution is -0.385. The predicted molar refractivity (Wildman–Crippen MR) is 83.4 cm³/mol. The summed E-state index contributed by atoms with van der Waals surface area (Å²) < 4.78 is 26.5. The normalized spacial score (nSPS) is 13.3. The monoisotopic (exact) mass is 342 g/mol. The Labute approximate surface area is 135 Å². The third kappa shape index (κ3) is 3.99. The van der Waals surface area contributed by atoms with Crippen LogP contribution in [0.5, 0.6) is 11.5 Å². The van der Waals surface area contributed by atoms with Gasteiger partial charge in [0.05, 0.1) is 11.0 Å². The molecule has 2 rings (SSSR count). The molecular formula is C14H20NO7Si. The third-order valence-corrected chi connectivity index (χ3v) is 6.49. The lowest BCUT2D eigenvalue weighted by atomic mass is 10.1. The second-order valence-corrected chi connectivity index (χ2v) is 8.01. The topological polar surface area (TPSA) is 89.3 Å². The van der Waals surface area contributed by atoms with Crippen molar-refractivity contribution in [1.82, 2.24) is 0 Å². The second kappa shape index (κ2) is 7.73. The summed E-state index contributed by atoms with van der Waals surface area (Å²) in [5, 5.41) is 11.2. The number of hydrogen-bond acceptors (Lipinski definition) is 7. The Bertz CT molecular complexity index is 554. The highest BCUT2D eigenvalue weighted by Crippen LogP contribution is 2.38. The van der Waals surface area contributed by atoms with Gasteiger partial charge in [0.2, 0.25) is 6.79 Å². The van der Waals surface area contributed by atoms with E-state index < -0.39 is 13.7 Å². The summed E-state index contributed by atoms with van der Waals surface area (Å²) in [4.78, 5) is 10.8. The average molecular weight is 342 g/mol. The Balaban J connectivity index is 1.99. The molecule has 0 fully saturated rings. The number of benzene rings is 1. The Morgan fingerprint density at radius 2 is 1.83 bits per heavy atom. The van der Waals surface area contributed by atoms with Gasteiger partial charge in [-0.3, -0.25) is 10.1 Å². The van der Waals surface area contributed by atoms with Gasteiger partial charge < -0.3 is 22.8 Å². The molecule has 0 spiro atoms. The van der Waals surface area contributed by atoms with Crippen LogP contribution in [0, 0.1) is 16.5 Å². The van der Waals surface area contributed by atoms with Crippen molar-refractivity contribution < 1.29 is 27.7 Å². The Morgan fingerprint density at radius 3 is 2.39 bits per heavy atom. The first-order chi connectivity index (χ1) is 11.0. The zero-order valence-corrected chi connectivity index (χ0v) is 14.4. The average Bonchev–Trinajstić information content (AvgIpc) is 3.02. The van der Waals surface area contributed by atoms with Gasteiger partial charge in [-0.05, 0) is 25.3 Å². The Hall–Kier alpha value is -1.68. The summed E-state index contributed by atoms with van der Waals surface area (Å²) >= 11 is 0. The maximum absolute atomic E-state index is 11.2. The summed E-state index contributed by atoms with van der Waals surface area (Å²) in [6.45, 7) is 0.0866. The highest BCUT2D eigenvalue weighted by atomic mass is 28.4. The minimum Gasteiger partial charge on any atom is -0.454 e. The molecule has 0 aliphatic carbocycles. The number of nitro benzene ring substituents is 1. The van der Waals surface area contributed by atoms with Gasteiger partial charge in [-0.15, -0.1) is 0 Å². The van der Waals surface area contributed by atoms with E-state index >= 15 is 0 Å². The van der Waals surface area contributed by atoms with Crippen molar-refractivity contribution in [2.24, 2.45) is 0 Å². The van der Waals surface area contributed by atoms with E-state index in [1.54, 1.807) is 27.4 Å². The zero-order valence-electron chi connectivity index (χ0n) is 13.4. The minimum absolute atomic E-state index is 0.0271. The molecular weight excluding hydrogens is 322 g/mol. The van der Waals surface area contributed by atoms with Crippen LogP contribution in [0.4, 0.5) is 5.69 Å². The molecule has 0 saturated carbocycles. The highest BCUT2D eigenvalue weighted by Gasteiger charge is 2.36. The van der Waals surface area contributed by atoms with Crippen LogP contribution in [0.2, 0.25) is 6.04 Å². The van der Waals surface area contributed by atoms with E-state index in [4.69, 9.17) is 22.8 Å². The van der Waals surface area contributed by atoms with Crippen LogP contribution in [0.15, 0.2) is 12.1 Å². The number of ether oxygens (including phenoxy) is 2. The van der Waals surface area contributed by atoms with E-state index in [1.165, 1.54) is 6.07 Å². The van der Waals surface area contributed by atoms with Crippen molar-refractivity contribution in [1.29, 1.82) is 0 Å². The van der Waals surface area contributed by atoms with Crippen LogP contribution in [0.3, 0.4) is 0 Å². The maximum atomic E-state index is 11.2. The Morgan fingerprint density at radius 1 is 1.22 bits per heavy atom. The fraction of sp³-hybridized carbons (Fsp3) is 0.500. The summed E-state index contributed by atoms with van der Waals surface area (Å²) in [7, 11) is 2.05. The lowest BCUT2D eigenvalue weighted by Gasteiger charge is -2.24. The molecule has 1 heterocycles. The van der Waals surface area contributed by atoms with Crippen molar-refractivity contribution in [3.8, 4) is 11.5 Å². The van der Waals surface area contributed by atoms with E-state index in [1.807, 2.05) is 6.42 Å². The van der Waals surface area contributed by atoms with Crippen molar-refractivity contribution in [2.75, 3.05) is 28.1 Å². The zero-order chi connectivity index (χ0) is 16.9. The van der Waals surface area contributed by atoms with Gasteiger partial charge in [-0.2, -0.15) is 0 Å². The first-order valence-corrected chi connectivity index (χ1v) is 9.02. The maximum Gasteiger partial charge on any atom is 0.500 e. The molecule has 0 bridgehead atoms. The number of unbranched alkanes of at least 4 members (excludes halogenated alkanes) is 1. The van der Waals surface area contributed by atoms with Crippen LogP contribution >= 0.6 is 0 Å². The molecule has 9 heteroatoms. The van der Waals surface area contributed by atoms with E-state index in [0.717, 1.165) is 0 Å². The molecule has 1 aliphatic heterocycles. The molecule has 0 unspecified atom stereocenters. The standard InChI is InChI=1S/C14H20NO7Si/c1-18-23(19-2,20-3)7-5-4-6-11-8-13-14(22-10-21-13)9-12(11)15(16)17/h4,8-9H,5-7,10H2,1-3H3. The number of fused-ring (bicyclic) bond motifs is 1. The van der Waals surface area contributed by atoms with Crippen molar-refractivity contribution >= 4 is 14.5 Å². The highest BCUT2D eigenvalue weighted by molar-refractivity contribution is 6.60. The first-order valence-electron chi connectivity index (χ1n) is 7.09. The van der Waals surface area contributed by atoms with Gasteiger partial charge in [0.25, 0.3) is 5.69 Å². The van der Waals surface area contributed by atoms with Gasteiger partial charge >= 0.3 is 8.80 Å². The molecule has 0 saturated heterocycles. The number of rotatable bonds is 9. The van der Waals surface area contributed by atoms with E-state index in [2.05, 4.69) is 0 Å². The van der Waals surface area contributed by atoms with E-state index in [9.17, 15) is 10.1 Å². The molecule has 0 N–H and O–H groups in total. The summed E-state index contributed by atoms with van der Waals surface area (Å²) in [5.74, 6) is 0.943. The summed E-state index contributed by atoms with van der Waals surface area (Å²) in [6.07, 6.45) is 3.05. The second-order valence-electron chi connectivity index (χ2n) is 4.92. The number of hydrogen-bond donors (Lipinski definition) is 0. The molecule has 23 heavy (non-hydrogen) atoms. The summed E-state index contributed by atoms with van der Waals surface area (Å²) in [5.41, 5.74) is 0.609. The van der Waals surface area contributed by atoms with Gasteiger partial charge in [0.15, 0.2) is 11.5 Å². The SMILES string of the molecule is CO[Si](CC[CH]Cc1cc2c(cc1[N+](=O)[O-])OCO2)(OC)OC. The fourth-order valence-electron chi connectivity index (χ4n) is 2.40. The molecule has 0 atom stereocenters. The number of nitrogens with zero attached hydrogens (tertiary/aromatic N) is 1. The largest absolute Gasteiger partial charge is 0.500 e. The van der Waals surface area contributed by atoms with Crippen LogP contribution in [-0.4, -0.2) is 41.9 Å². The van der Waals surface area contributed by atoms with Crippen molar-refractivity contribution in [2.45, 2.75) is 18.9 Å². The van der Waals surface area contributed by atoms with E-state index in [0.29, 0.717) is 35.9 Å². The van der Waals surface area contributed by atoms with E-state index in [-0.39, 0.29) is 12.5 Å². The smallest absolute Gasteiger partial charge is 0.454 e. The molecule has 127 valence electrons. The van der Waals surface area contributed by atoms with Gasteiger partial charge in [-0.1, -0.05) is 0 Å². The third-order valence-electron chi connectivity index (χ3n) is 3.72. The quantitative estimate of drug-likeness (QED) is 0.294. The van der Waals surface area contributed by atoms with Crippen LogP contribution < -0.4 is 9.47 Å².